The summed E-state index contributed by atoms with van der Waals surface area (Å²) in [7, 11) is 1.81. The van der Waals surface area contributed by atoms with Gasteiger partial charge in [-0.2, -0.15) is 0 Å². The number of hydrogen-bond donors (Lipinski definition) is 2. The van der Waals surface area contributed by atoms with Crippen molar-refractivity contribution in [3.63, 3.8) is 0 Å². The number of nitrogens with two attached hydrogens (primary N) is 1. The van der Waals surface area contributed by atoms with E-state index in [2.05, 4.69) is 5.32 Å². The highest BCUT2D eigenvalue weighted by Gasteiger charge is 2.09. The van der Waals surface area contributed by atoms with Crippen LogP contribution in [0.1, 0.15) is 40.0 Å². The predicted octanol–water partition coefficient (Wildman–Crippen LogP) is 1.32. The predicted molar refractivity (Wildman–Crippen MR) is 57.8 cm³/mol. The first-order valence-electron chi connectivity index (χ1n) is 5.10. The first-order chi connectivity index (χ1) is 6.22. The number of Topliss-reactive ketones (excluding diaryl/α,β-unsaturated/α-hetero) is 1. The van der Waals surface area contributed by atoms with Gasteiger partial charge in [0.25, 0.3) is 0 Å². The zero-order valence-corrected chi connectivity index (χ0v) is 9.39. The molecule has 0 fully saturated rings. The summed E-state index contributed by atoms with van der Waals surface area (Å²) >= 11 is 0. The molecule has 3 heteroatoms. The lowest BCUT2D eigenvalue weighted by Gasteiger charge is -2.11. The molecule has 0 rings (SSSR count). The maximum Gasteiger partial charge on any atom is 0.146 e. The molecule has 0 aromatic heterocycles. The van der Waals surface area contributed by atoms with Crippen molar-refractivity contribution < 1.29 is 4.79 Å². The van der Waals surface area contributed by atoms with Crippen molar-refractivity contribution in [2.24, 2.45) is 5.73 Å². The van der Waals surface area contributed by atoms with Gasteiger partial charge in [0.15, 0.2) is 0 Å². The van der Waals surface area contributed by atoms with Gasteiger partial charge >= 0.3 is 0 Å². The minimum atomic E-state index is 0.0292. The van der Waals surface area contributed by atoms with Crippen LogP contribution in [-0.2, 0) is 4.79 Å². The molecule has 3 N–H and O–H groups in total. The summed E-state index contributed by atoms with van der Waals surface area (Å²) in [5.41, 5.74) is 5.33. The number of unbranched alkanes of at least 4 members (excludes halogenated alkanes) is 1. The van der Waals surface area contributed by atoms with Crippen LogP contribution >= 0.6 is 0 Å². The van der Waals surface area contributed by atoms with Crippen molar-refractivity contribution in [3.05, 3.63) is 0 Å². The quantitative estimate of drug-likeness (QED) is 0.618. The van der Waals surface area contributed by atoms with Crippen molar-refractivity contribution in [2.75, 3.05) is 13.6 Å². The Morgan fingerprint density at radius 2 is 1.92 bits per heavy atom. The molecule has 0 aliphatic heterocycles. The molecule has 0 spiro atoms. The summed E-state index contributed by atoms with van der Waals surface area (Å²) in [5.74, 6) is 0.213. The molecule has 13 heavy (non-hydrogen) atoms. The fourth-order valence-electron chi connectivity index (χ4n) is 1.04. The van der Waals surface area contributed by atoms with Gasteiger partial charge in [0.1, 0.15) is 5.78 Å². The van der Waals surface area contributed by atoms with Gasteiger partial charge < -0.3 is 11.1 Å². The monoisotopic (exact) mass is 188 g/mol. The summed E-state index contributed by atoms with van der Waals surface area (Å²) in [6, 6.07) is 0.0292. The Labute approximate surface area is 82.1 Å². The van der Waals surface area contributed by atoms with E-state index in [9.17, 15) is 4.79 Å². The molecule has 0 saturated heterocycles. The van der Waals surface area contributed by atoms with Crippen molar-refractivity contribution in [1.82, 2.24) is 5.32 Å². The summed E-state index contributed by atoms with van der Waals surface area (Å²) in [6.07, 6.45) is 2.94. The Morgan fingerprint density at radius 1 is 1.38 bits per heavy atom. The number of hydrogen-bond acceptors (Lipinski definition) is 3. The Morgan fingerprint density at radius 3 is 2.23 bits per heavy atom. The van der Waals surface area contributed by atoms with Crippen molar-refractivity contribution in [1.29, 1.82) is 0 Å². The molecule has 0 saturated carbocycles. The molecule has 0 heterocycles. The fraction of sp³-hybridized carbons (Fsp3) is 0.900. The lowest BCUT2D eigenvalue weighted by atomic mass is 10.1. The van der Waals surface area contributed by atoms with Crippen LogP contribution < -0.4 is 11.1 Å². The van der Waals surface area contributed by atoms with Crippen molar-refractivity contribution in [2.45, 2.75) is 46.1 Å². The number of ketones is 1. The Bertz CT molecular complexity index is 115. The van der Waals surface area contributed by atoms with Gasteiger partial charge in [0, 0.05) is 0 Å². The highest BCUT2D eigenvalue weighted by Crippen LogP contribution is 2.00. The van der Waals surface area contributed by atoms with Crippen LogP contribution in [0.2, 0.25) is 0 Å². The second-order valence-corrected chi connectivity index (χ2v) is 2.74. The van der Waals surface area contributed by atoms with E-state index in [1.807, 2.05) is 20.9 Å². The second kappa shape index (κ2) is 11.6. The van der Waals surface area contributed by atoms with Crippen LogP contribution in [0.4, 0.5) is 0 Å². The van der Waals surface area contributed by atoms with E-state index in [1.165, 1.54) is 0 Å². The molecule has 0 amide bonds. The van der Waals surface area contributed by atoms with E-state index in [4.69, 9.17) is 5.73 Å². The van der Waals surface area contributed by atoms with Crippen LogP contribution in [0.5, 0.6) is 0 Å². The molecule has 80 valence electrons. The van der Waals surface area contributed by atoms with Crippen LogP contribution in [0.25, 0.3) is 0 Å². The first kappa shape index (κ1) is 15.1. The van der Waals surface area contributed by atoms with Crippen molar-refractivity contribution in [3.8, 4) is 0 Å². The lowest BCUT2D eigenvalue weighted by molar-refractivity contribution is -0.119. The largest absolute Gasteiger partial charge is 0.330 e. The standard InChI is InChI=1S/C8H18N2O.C2H6/c1-7(11)8(10-2)5-3-4-6-9;1-2/h8,10H,3-6,9H2,1-2H3;1-2H3. The fourth-order valence-corrected chi connectivity index (χ4v) is 1.04. The summed E-state index contributed by atoms with van der Waals surface area (Å²) in [6.45, 7) is 6.33. The molecule has 1 atom stereocenters. The van der Waals surface area contributed by atoms with Crippen LogP contribution in [0.3, 0.4) is 0 Å². The van der Waals surface area contributed by atoms with E-state index in [0.717, 1.165) is 19.3 Å². The third-order valence-electron chi connectivity index (χ3n) is 1.79. The van der Waals surface area contributed by atoms with E-state index in [0.29, 0.717) is 6.54 Å². The molecule has 0 bridgehead atoms. The summed E-state index contributed by atoms with van der Waals surface area (Å²) < 4.78 is 0. The molecule has 1 unspecified atom stereocenters. The SMILES string of the molecule is CC.CNC(CCCCN)C(C)=O. The molecule has 0 aliphatic rings. The van der Waals surface area contributed by atoms with Gasteiger partial charge in [-0.05, 0) is 33.4 Å². The molecule has 0 aromatic rings. The maximum atomic E-state index is 10.9. The average Bonchev–Trinajstić information content (AvgIpc) is 2.15. The third-order valence-corrected chi connectivity index (χ3v) is 1.79. The Balaban J connectivity index is 0. The van der Waals surface area contributed by atoms with Gasteiger partial charge in [0.2, 0.25) is 0 Å². The highest BCUT2D eigenvalue weighted by molar-refractivity contribution is 5.81. The minimum Gasteiger partial charge on any atom is -0.330 e. The Hall–Kier alpha value is -0.410. The average molecular weight is 188 g/mol. The normalized spacial score (nSPS) is 11.5. The molecule has 0 aliphatic carbocycles. The van der Waals surface area contributed by atoms with Gasteiger partial charge in [-0.3, -0.25) is 4.79 Å². The maximum absolute atomic E-state index is 10.9. The minimum absolute atomic E-state index is 0.0292. The molecule has 0 radical (unpaired) electrons. The summed E-state index contributed by atoms with van der Waals surface area (Å²) in [4.78, 5) is 10.9. The number of rotatable bonds is 6. The van der Waals surface area contributed by atoms with Gasteiger partial charge in [0.05, 0.1) is 6.04 Å². The van der Waals surface area contributed by atoms with Gasteiger partial charge in [-0.1, -0.05) is 20.3 Å². The van der Waals surface area contributed by atoms with E-state index >= 15 is 0 Å². The van der Waals surface area contributed by atoms with Crippen molar-refractivity contribution >= 4 is 5.78 Å². The number of likely N-dealkylation sites (N-methyl/N-ethyl adjacent to an activating group) is 1. The highest BCUT2D eigenvalue weighted by atomic mass is 16.1. The van der Waals surface area contributed by atoms with Crippen LogP contribution in [0, 0.1) is 0 Å². The molecule has 0 aromatic carbocycles. The summed E-state index contributed by atoms with van der Waals surface area (Å²) in [5, 5.41) is 2.97. The third kappa shape index (κ3) is 9.50. The molecular weight excluding hydrogens is 164 g/mol. The van der Waals surface area contributed by atoms with E-state index < -0.39 is 0 Å². The van der Waals surface area contributed by atoms with Crippen LogP contribution in [0.15, 0.2) is 0 Å². The van der Waals surface area contributed by atoms with Crippen LogP contribution in [-0.4, -0.2) is 25.4 Å². The zero-order chi connectivity index (χ0) is 10.7. The number of carbonyl (C=O) groups is 1. The Kier molecular flexibility index (Phi) is 13.4. The van der Waals surface area contributed by atoms with Gasteiger partial charge in [-0.15, -0.1) is 0 Å². The lowest BCUT2D eigenvalue weighted by Crippen LogP contribution is -2.32. The van der Waals surface area contributed by atoms with E-state index in [-0.39, 0.29) is 11.8 Å². The van der Waals surface area contributed by atoms with E-state index in [1.54, 1.807) is 6.92 Å². The molecule has 3 nitrogen and oxygen atoms in total. The number of nitrogens with one attached hydrogen (secondary N) is 1. The molecular formula is C10H24N2O. The zero-order valence-electron chi connectivity index (χ0n) is 9.39. The second-order valence-electron chi connectivity index (χ2n) is 2.74. The van der Waals surface area contributed by atoms with Gasteiger partial charge in [-0.25, -0.2) is 0 Å². The smallest absolute Gasteiger partial charge is 0.146 e. The topological polar surface area (TPSA) is 55.1 Å². The first-order valence-corrected chi connectivity index (χ1v) is 5.10. The number of carbonyl (C=O) groups excluding carboxylic acids is 1.